The number of carboxylic acid groups (broad SMARTS) is 1. The largest absolute Gasteiger partial charge is 0.479 e. The molecule has 0 saturated heterocycles. The van der Waals surface area contributed by atoms with Crippen LogP contribution in [-0.2, 0) is 25.5 Å². The van der Waals surface area contributed by atoms with Crippen molar-refractivity contribution < 1.29 is 24.2 Å². The third-order valence-electron chi connectivity index (χ3n) is 2.64. The summed E-state index contributed by atoms with van der Waals surface area (Å²) < 4.78 is 10.1. The molecule has 0 aliphatic heterocycles. The molecule has 5 nitrogen and oxygen atoms in total. The van der Waals surface area contributed by atoms with Crippen LogP contribution in [-0.4, -0.2) is 35.9 Å². The standard InChI is InChI=1S/C14H18O5/c1-3-18-13(17)14(12(15)16,19-4-2)10-11-8-6-5-7-9-11/h5-9H,3-4,10H2,1-2H3,(H,15,16). The van der Waals surface area contributed by atoms with Gasteiger partial charge in [-0.15, -0.1) is 0 Å². The van der Waals surface area contributed by atoms with Crippen LogP contribution in [0.4, 0.5) is 0 Å². The topological polar surface area (TPSA) is 72.8 Å². The van der Waals surface area contributed by atoms with Crippen LogP contribution in [0.2, 0.25) is 0 Å². The van der Waals surface area contributed by atoms with E-state index in [1.54, 1.807) is 38.1 Å². The maximum absolute atomic E-state index is 12.0. The maximum atomic E-state index is 12.0. The molecular formula is C14H18O5. The lowest BCUT2D eigenvalue weighted by Crippen LogP contribution is -2.52. The first kappa shape index (κ1) is 15.2. The van der Waals surface area contributed by atoms with Crippen molar-refractivity contribution in [3.8, 4) is 0 Å². The lowest BCUT2D eigenvalue weighted by Gasteiger charge is -2.26. The van der Waals surface area contributed by atoms with E-state index >= 15 is 0 Å². The normalized spacial score (nSPS) is 13.6. The first-order valence-corrected chi connectivity index (χ1v) is 6.15. The van der Waals surface area contributed by atoms with Crippen LogP contribution in [0.1, 0.15) is 19.4 Å². The van der Waals surface area contributed by atoms with E-state index in [2.05, 4.69) is 0 Å². The molecule has 1 unspecified atom stereocenters. The molecule has 1 atom stereocenters. The summed E-state index contributed by atoms with van der Waals surface area (Å²) in [4.78, 5) is 23.5. The summed E-state index contributed by atoms with van der Waals surface area (Å²) in [5.74, 6) is -2.20. The van der Waals surface area contributed by atoms with Crippen molar-refractivity contribution in [3.63, 3.8) is 0 Å². The van der Waals surface area contributed by atoms with E-state index in [0.29, 0.717) is 5.56 Å². The summed E-state index contributed by atoms with van der Waals surface area (Å²) in [5.41, 5.74) is -1.28. The summed E-state index contributed by atoms with van der Waals surface area (Å²) in [5, 5.41) is 9.39. The van der Waals surface area contributed by atoms with Crippen LogP contribution in [0.25, 0.3) is 0 Å². The van der Waals surface area contributed by atoms with Crippen LogP contribution in [0.3, 0.4) is 0 Å². The highest BCUT2D eigenvalue weighted by Gasteiger charge is 2.49. The van der Waals surface area contributed by atoms with Gasteiger partial charge >= 0.3 is 11.9 Å². The number of hydrogen-bond donors (Lipinski definition) is 1. The molecule has 0 amide bonds. The van der Waals surface area contributed by atoms with Gasteiger partial charge in [-0.1, -0.05) is 30.3 Å². The Labute approximate surface area is 112 Å². The van der Waals surface area contributed by atoms with Crippen molar-refractivity contribution in [2.75, 3.05) is 13.2 Å². The summed E-state index contributed by atoms with van der Waals surface area (Å²) in [6.45, 7) is 3.48. The van der Waals surface area contributed by atoms with Gasteiger partial charge in [-0.05, 0) is 19.4 Å². The molecule has 0 spiro atoms. The zero-order valence-corrected chi connectivity index (χ0v) is 11.1. The summed E-state index contributed by atoms with van der Waals surface area (Å²) >= 11 is 0. The Balaban J connectivity index is 3.09. The number of esters is 1. The third-order valence-corrected chi connectivity index (χ3v) is 2.64. The van der Waals surface area contributed by atoms with Gasteiger partial charge in [0.1, 0.15) is 0 Å². The van der Waals surface area contributed by atoms with Crippen molar-refractivity contribution >= 4 is 11.9 Å². The van der Waals surface area contributed by atoms with Crippen LogP contribution in [0, 0.1) is 0 Å². The molecule has 1 rings (SSSR count). The molecule has 0 aliphatic carbocycles. The molecule has 0 bridgehead atoms. The van der Waals surface area contributed by atoms with E-state index < -0.39 is 17.5 Å². The Morgan fingerprint density at radius 2 is 1.79 bits per heavy atom. The van der Waals surface area contributed by atoms with Crippen molar-refractivity contribution in [3.05, 3.63) is 35.9 Å². The number of aliphatic carboxylic acids is 1. The Morgan fingerprint density at radius 3 is 2.26 bits per heavy atom. The highest BCUT2D eigenvalue weighted by Crippen LogP contribution is 2.21. The lowest BCUT2D eigenvalue weighted by molar-refractivity contribution is -0.186. The molecular weight excluding hydrogens is 248 g/mol. The van der Waals surface area contributed by atoms with Crippen molar-refractivity contribution in [2.24, 2.45) is 0 Å². The maximum Gasteiger partial charge on any atom is 0.350 e. The molecule has 0 heterocycles. The van der Waals surface area contributed by atoms with Gasteiger partial charge in [0.2, 0.25) is 0 Å². The van der Waals surface area contributed by atoms with Gasteiger partial charge in [0.05, 0.1) is 6.61 Å². The summed E-state index contributed by atoms with van der Waals surface area (Å²) in [7, 11) is 0. The van der Waals surface area contributed by atoms with Crippen molar-refractivity contribution in [2.45, 2.75) is 25.9 Å². The van der Waals surface area contributed by atoms with Crippen LogP contribution in [0.5, 0.6) is 0 Å². The van der Waals surface area contributed by atoms with Crippen LogP contribution in [0.15, 0.2) is 30.3 Å². The first-order chi connectivity index (χ1) is 9.06. The number of rotatable bonds is 7. The Hall–Kier alpha value is -1.88. The monoisotopic (exact) mass is 266 g/mol. The second-order valence-electron chi connectivity index (χ2n) is 3.95. The number of ether oxygens (including phenoxy) is 2. The smallest absolute Gasteiger partial charge is 0.350 e. The van der Waals surface area contributed by atoms with Gasteiger partial charge in [-0.2, -0.15) is 0 Å². The highest BCUT2D eigenvalue weighted by molar-refractivity contribution is 6.03. The Morgan fingerprint density at radius 1 is 1.16 bits per heavy atom. The average molecular weight is 266 g/mol. The molecule has 19 heavy (non-hydrogen) atoms. The van der Waals surface area contributed by atoms with E-state index in [1.807, 2.05) is 6.07 Å². The molecule has 0 saturated carbocycles. The second-order valence-corrected chi connectivity index (χ2v) is 3.95. The highest BCUT2D eigenvalue weighted by atomic mass is 16.6. The molecule has 104 valence electrons. The van der Waals surface area contributed by atoms with E-state index in [1.165, 1.54) is 0 Å². The number of carboxylic acids is 1. The molecule has 1 N–H and O–H groups in total. The van der Waals surface area contributed by atoms with Gasteiger partial charge in [-0.25, -0.2) is 9.59 Å². The Kier molecular flexibility index (Phi) is 5.51. The minimum Gasteiger partial charge on any atom is -0.479 e. The second kappa shape index (κ2) is 6.89. The molecule has 0 fully saturated rings. The van der Waals surface area contributed by atoms with Gasteiger partial charge in [-0.3, -0.25) is 0 Å². The summed E-state index contributed by atoms with van der Waals surface area (Å²) in [6.07, 6.45) is -0.0597. The number of carbonyl (C=O) groups is 2. The van der Waals surface area contributed by atoms with E-state index in [4.69, 9.17) is 9.47 Å². The predicted octanol–water partition coefficient (Wildman–Crippen LogP) is 1.65. The lowest BCUT2D eigenvalue weighted by atomic mass is 9.94. The molecule has 0 radical (unpaired) electrons. The van der Waals surface area contributed by atoms with Gasteiger partial charge in [0.25, 0.3) is 5.60 Å². The molecule has 1 aromatic carbocycles. The molecule has 0 aromatic heterocycles. The van der Waals surface area contributed by atoms with E-state index in [-0.39, 0.29) is 19.6 Å². The van der Waals surface area contributed by atoms with Gasteiger partial charge in [0.15, 0.2) is 0 Å². The van der Waals surface area contributed by atoms with Gasteiger partial charge in [0, 0.05) is 13.0 Å². The zero-order valence-electron chi connectivity index (χ0n) is 11.1. The quantitative estimate of drug-likeness (QED) is 0.600. The molecule has 5 heteroatoms. The van der Waals surface area contributed by atoms with Crippen molar-refractivity contribution in [1.82, 2.24) is 0 Å². The fraction of sp³-hybridized carbons (Fsp3) is 0.429. The summed E-state index contributed by atoms with van der Waals surface area (Å²) in [6, 6.07) is 8.86. The van der Waals surface area contributed by atoms with Gasteiger partial charge < -0.3 is 14.6 Å². The first-order valence-electron chi connectivity index (χ1n) is 6.15. The van der Waals surface area contributed by atoms with E-state index in [0.717, 1.165) is 0 Å². The molecule has 1 aromatic rings. The van der Waals surface area contributed by atoms with Crippen LogP contribution < -0.4 is 0 Å². The zero-order chi connectivity index (χ0) is 14.3. The number of carbonyl (C=O) groups excluding carboxylic acids is 1. The van der Waals surface area contributed by atoms with E-state index in [9.17, 15) is 14.7 Å². The minimum atomic E-state index is -1.98. The Bertz CT molecular complexity index is 429. The average Bonchev–Trinajstić information content (AvgIpc) is 2.39. The van der Waals surface area contributed by atoms with Crippen molar-refractivity contribution in [1.29, 1.82) is 0 Å². The fourth-order valence-corrected chi connectivity index (χ4v) is 1.78. The predicted molar refractivity (Wildman–Crippen MR) is 68.8 cm³/mol. The third kappa shape index (κ3) is 3.54. The number of benzene rings is 1. The van der Waals surface area contributed by atoms with Crippen LogP contribution >= 0.6 is 0 Å². The fourth-order valence-electron chi connectivity index (χ4n) is 1.78. The minimum absolute atomic E-state index is 0.0597. The number of hydrogen-bond acceptors (Lipinski definition) is 4. The SMILES string of the molecule is CCOC(=O)C(Cc1ccccc1)(OCC)C(=O)O. The molecule has 0 aliphatic rings.